The van der Waals surface area contributed by atoms with Crippen molar-refractivity contribution in [3.63, 3.8) is 0 Å². The molecule has 0 saturated heterocycles. The molecule has 1 atom stereocenters. The van der Waals surface area contributed by atoms with Crippen LogP contribution in [0.1, 0.15) is 19.8 Å². The van der Waals surface area contributed by atoms with E-state index in [4.69, 9.17) is 4.74 Å². The zero-order valence-corrected chi connectivity index (χ0v) is 11.9. The highest BCUT2D eigenvalue weighted by molar-refractivity contribution is 7.80. The fourth-order valence-electron chi connectivity index (χ4n) is 2.08. The summed E-state index contributed by atoms with van der Waals surface area (Å²) in [7, 11) is 3.83. The standard InChI is InChI=1S/C14H23NOS/c1-4-7-12(11-17)10-15(2)13-8-5-6-9-14(13)16-3/h5-6,8-9,12,17H,4,7,10-11H2,1-3H3. The Balaban J connectivity index is 2.71. The molecule has 0 amide bonds. The first-order valence-corrected chi connectivity index (χ1v) is 6.81. The monoisotopic (exact) mass is 253 g/mol. The third-order valence-electron chi connectivity index (χ3n) is 2.98. The summed E-state index contributed by atoms with van der Waals surface area (Å²) in [6.07, 6.45) is 2.44. The lowest BCUT2D eigenvalue weighted by molar-refractivity contribution is 0.413. The van der Waals surface area contributed by atoms with Crippen LogP contribution in [0.25, 0.3) is 0 Å². The van der Waals surface area contributed by atoms with Gasteiger partial charge in [0.2, 0.25) is 0 Å². The topological polar surface area (TPSA) is 12.5 Å². The number of thiol groups is 1. The van der Waals surface area contributed by atoms with Gasteiger partial charge in [-0.25, -0.2) is 0 Å². The van der Waals surface area contributed by atoms with E-state index in [1.54, 1.807) is 7.11 Å². The van der Waals surface area contributed by atoms with E-state index in [0.717, 1.165) is 23.7 Å². The summed E-state index contributed by atoms with van der Waals surface area (Å²) < 4.78 is 5.38. The molecule has 96 valence electrons. The summed E-state index contributed by atoms with van der Waals surface area (Å²) in [6.45, 7) is 3.25. The van der Waals surface area contributed by atoms with Gasteiger partial charge in [0.15, 0.2) is 0 Å². The minimum Gasteiger partial charge on any atom is -0.495 e. The lowest BCUT2D eigenvalue weighted by Gasteiger charge is -2.26. The highest BCUT2D eigenvalue weighted by atomic mass is 32.1. The Morgan fingerprint density at radius 3 is 2.65 bits per heavy atom. The first-order chi connectivity index (χ1) is 8.22. The third kappa shape index (κ3) is 4.15. The van der Waals surface area contributed by atoms with Gasteiger partial charge < -0.3 is 9.64 Å². The van der Waals surface area contributed by atoms with E-state index in [0.29, 0.717) is 5.92 Å². The predicted molar refractivity (Wildman–Crippen MR) is 78.5 cm³/mol. The minimum absolute atomic E-state index is 0.637. The lowest BCUT2D eigenvalue weighted by atomic mass is 10.1. The lowest BCUT2D eigenvalue weighted by Crippen LogP contribution is -2.26. The van der Waals surface area contributed by atoms with Crippen molar-refractivity contribution in [3.8, 4) is 5.75 Å². The Kier molecular flexibility index (Phi) is 6.27. The first kappa shape index (κ1) is 14.2. The van der Waals surface area contributed by atoms with Crippen molar-refractivity contribution < 1.29 is 4.74 Å². The maximum Gasteiger partial charge on any atom is 0.142 e. The molecule has 17 heavy (non-hydrogen) atoms. The van der Waals surface area contributed by atoms with Gasteiger partial charge in [0.1, 0.15) is 5.75 Å². The molecule has 1 aromatic carbocycles. The van der Waals surface area contributed by atoms with E-state index in [1.165, 1.54) is 12.8 Å². The second-order valence-electron chi connectivity index (χ2n) is 4.39. The predicted octanol–water partition coefficient (Wildman–Crippen LogP) is 3.48. The molecule has 2 nitrogen and oxygen atoms in total. The third-order valence-corrected chi connectivity index (χ3v) is 3.50. The molecular formula is C14H23NOS. The van der Waals surface area contributed by atoms with E-state index in [1.807, 2.05) is 18.2 Å². The SMILES string of the molecule is CCCC(CS)CN(C)c1ccccc1OC. The van der Waals surface area contributed by atoms with Crippen LogP contribution in [0.4, 0.5) is 5.69 Å². The number of hydrogen-bond donors (Lipinski definition) is 1. The second-order valence-corrected chi connectivity index (χ2v) is 4.75. The fourth-order valence-corrected chi connectivity index (χ4v) is 2.38. The molecular weight excluding hydrogens is 230 g/mol. The normalized spacial score (nSPS) is 12.2. The zero-order chi connectivity index (χ0) is 12.7. The van der Waals surface area contributed by atoms with E-state index in [-0.39, 0.29) is 0 Å². The molecule has 1 unspecified atom stereocenters. The fraction of sp³-hybridized carbons (Fsp3) is 0.571. The first-order valence-electron chi connectivity index (χ1n) is 6.17. The number of benzene rings is 1. The van der Waals surface area contributed by atoms with Gasteiger partial charge in [-0.3, -0.25) is 0 Å². The van der Waals surface area contributed by atoms with E-state index in [2.05, 4.69) is 37.6 Å². The molecule has 0 aliphatic heterocycles. The average molecular weight is 253 g/mol. The number of nitrogens with zero attached hydrogens (tertiary/aromatic N) is 1. The van der Waals surface area contributed by atoms with Crippen LogP contribution in [0.3, 0.4) is 0 Å². The van der Waals surface area contributed by atoms with Gasteiger partial charge in [-0.05, 0) is 30.2 Å². The molecule has 0 bridgehead atoms. The van der Waals surface area contributed by atoms with E-state index >= 15 is 0 Å². The highest BCUT2D eigenvalue weighted by Crippen LogP contribution is 2.27. The average Bonchev–Trinajstić information content (AvgIpc) is 2.38. The van der Waals surface area contributed by atoms with Crippen LogP contribution < -0.4 is 9.64 Å². The molecule has 0 heterocycles. The molecule has 0 saturated carbocycles. The van der Waals surface area contributed by atoms with Crippen LogP contribution in [0, 0.1) is 5.92 Å². The number of ether oxygens (including phenoxy) is 1. The maximum atomic E-state index is 5.38. The van der Waals surface area contributed by atoms with Crippen LogP contribution >= 0.6 is 12.6 Å². The number of rotatable bonds is 7. The summed E-state index contributed by atoms with van der Waals surface area (Å²) >= 11 is 4.43. The zero-order valence-electron chi connectivity index (χ0n) is 11.0. The van der Waals surface area contributed by atoms with Crippen LogP contribution in [0.15, 0.2) is 24.3 Å². The van der Waals surface area contributed by atoms with Gasteiger partial charge in [-0.2, -0.15) is 12.6 Å². The molecule has 0 fully saturated rings. The van der Waals surface area contributed by atoms with Crippen molar-refractivity contribution in [1.82, 2.24) is 0 Å². The number of para-hydroxylation sites is 2. The molecule has 0 aromatic heterocycles. The second kappa shape index (κ2) is 7.49. The number of anilines is 1. The Bertz CT molecular complexity index is 330. The van der Waals surface area contributed by atoms with Gasteiger partial charge in [-0.1, -0.05) is 25.5 Å². The van der Waals surface area contributed by atoms with Gasteiger partial charge in [0.25, 0.3) is 0 Å². The van der Waals surface area contributed by atoms with Crippen molar-refractivity contribution in [2.24, 2.45) is 5.92 Å². The van der Waals surface area contributed by atoms with Crippen molar-refractivity contribution in [2.45, 2.75) is 19.8 Å². The van der Waals surface area contributed by atoms with Crippen LogP contribution in [0.5, 0.6) is 5.75 Å². The summed E-state index contributed by atoms with van der Waals surface area (Å²) in [5.41, 5.74) is 1.15. The molecule has 1 rings (SSSR count). The summed E-state index contributed by atoms with van der Waals surface area (Å²) in [6, 6.07) is 8.14. The molecule has 0 aliphatic rings. The molecule has 0 N–H and O–H groups in total. The van der Waals surface area contributed by atoms with Crippen LogP contribution in [-0.2, 0) is 0 Å². The molecule has 0 spiro atoms. The molecule has 3 heteroatoms. The van der Waals surface area contributed by atoms with Crippen LogP contribution in [0.2, 0.25) is 0 Å². The quantitative estimate of drug-likeness (QED) is 0.747. The largest absolute Gasteiger partial charge is 0.495 e. The number of hydrogen-bond acceptors (Lipinski definition) is 3. The van der Waals surface area contributed by atoms with Gasteiger partial charge in [0, 0.05) is 13.6 Å². The van der Waals surface area contributed by atoms with Crippen molar-refractivity contribution >= 4 is 18.3 Å². The van der Waals surface area contributed by atoms with E-state index < -0.39 is 0 Å². The van der Waals surface area contributed by atoms with Crippen molar-refractivity contribution in [2.75, 3.05) is 31.4 Å². The highest BCUT2D eigenvalue weighted by Gasteiger charge is 2.12. The minimum atomic E-state index is 0.637. The smallest absolute Gasteiger partial charge is 0.142 e. The van der Waals surface area contributed by atoms with Gasteiger partial charge in [0.05, 0.1) is 12.8 Å². The summed E-state index contributed by atoms with van der Waals surface area (Å²) in [5.74, 6) is 2.51. The summed E-state index contributed by atoms with van der Waals surface area (Å²) in [4.78, 5) is 2.26. The summed E-state index contributed by atoms with van der Waals surface area (Å²) in [5, 5.41) is 0. The maximum absolute atomic E-state index is 5.38. The molecule has 0 radical (unpaired) electrons. The van der Waals surface area contributed by atoms with Gasteiger partial charge in [-0.15, -0.1) is 0 Å². The van der Waals surface area contributed by atoms with Crippen molar-refractivity contribution in [1.29, 1.82) is 0 Å². The Hall–Kier alpha value is -0.830. The molecule has 1 aromatic rings. The molecule has 0 aliphatic carbocycles. The van der Waals surface area contributed by atoms with Crippen LogP contribution in [-0.4, -0.2) is 26.5 Å². The Morgan fingerprint density at radius 2 is 2.06 bits per heavy atom. The Labute approximate surface area is 110 Å². The van der Waals surface area contributed by atoms with Gasteiger partial charge >= 0.3 is 0 Å². The Morgan fingerprint density at radius 1 is 1.35 bits per heavy atom. The van der Waals surface area contributed by atoms with Crippen molar-refractivity contribution in [3.05, 3.63) is 24.3 Å². The number of methoxy groups -OCH3 is 1. The van der Waals surface area contributed by atoms with E-state index in [9.17, 15) is 0 Å².